The molecule has 0 radical (unpaired) electrons. The van der Waals surface area contributed by atoms with Gasteiger partial charge in [0.25, 0.3) is 0 Å². The molecule has 3 aromatic heterocycles. The molecule has 2 fully saturated rings. The van der Waals surface area contributed by atoms with Crippen molar-refractivity contribution in [1.82, 2.24) is 34.7 Å². The third-order valence-corrected chi connectivity index (χ3v) is 10.8. The number of benzene rings is 4. The lowest BCUT2D eigenvalue weighted by molar-refractivity contribution is -0.0272. The lowest BCUT2D eigenvalue weighted by atomic mass is 10.0. The second-order valence-corrected chi connectivity index (χ2v) is 14.8. The van der Waals surface area contributed by atoms with Gasteiger partial charge in [-0.15, -0.1) is 0 Å². The molecule has 9 rings (SSSR count). The predicted molar refractivity (Wildman–Crippen MR) is 217 cm³/mol. The number of hydrogen-bond acceptors (Lipinski definition) is 8. The lowest BCUT2D eigenvalue weighted by Gasteiger charge is -2.31. The Bertz CT molecular complexity index is 2250. The summed E-state index contributed by atoms with van der Waals surface area (Å²) in [5.41, 5.74) is 6.78. The monoisotopic (exact) mass is 741 g/mol. The topological polar surface area (TPSA) is 128 Å². The summed E-state index contributed by atoms with van der Waals surface area (Å²) in [5, 5.41) is 11.8. The fraction of sp³-hybridized carbons (Fsp3) is 0.364. The highest BCUT2D eigenvalue weighted by Crippen LogP contribution is 2.37. The van der Waals surface area contributed by atoms with Crippen molar-refractivity contribution in [3.63, 3.8) is 0 Å². The third-order valence-electron chi connectivity index (χ3n) is 10.8. The van der Waals surface area contributed by atoms with Crippen LogP contribution in [-0.4, -0.2) is 98.9 Å². The van der Waals surface area contributed by atoms with E-state index < -0.39 is 6.10 Å². The summed E-state index contributed by atoms with van der Waals surface area (Å²) >= 11 is 0. The minimum atomic E-state index is -0.485. The van der Waals surface area contributed by atoms with Crippen molar-refractivity contribution in [2.45, 2.75) is 57.0 Å². The van der Waals surface area contributed by atoms with Crippen LogP contribution >= 0.6 is 0 Å². The number of phenolic OH excluding ortho intramolecular Hbond substituents is 1. The number of aromatic amines is 3. The van der Waals surface area contributed by atoms with Crippen LogP contribution in [0, 0.1) is 0 Å². The van der Waals surface area contributed by atoms with Crippen LogP contribution in [0.5, 0.6) is 11.5 Å². The van der Waals surface area contributed by atoms with Crippen LogP contribution in [0.2, 0.25) is 0 Å². The third kappa shape index (κ3) is 8.40. The van der Waals surface area contributed by atoms with Crippen LogP contribution in [0.3, 0.4) is 0 Å². The van der Waals surface area contributed by atoms with E-state index in [1.807, 2.05) is 61.7 Å². The summed E-state index contributed by atoms with van der Waals surface area (Å²) in [7, 11) is 4.30. The Morgan fingerprint density at radius 1 is 0.691 bits per heavy atom. The molecule has 4 aromatic carbocycles. The van der Waals surface area contributed by atoms with Crippen molar-refractivity contribution < 1.29 is 19.3 Å². The molecular weight excluding hydrogens is 691 g/mol. The summed E-state index contributed by atoms with van der Waals surface area (Å²) in [4.78, 5) is 24.5. The highest BCUT2D eigenvalue weighted by Gasteiger charge is 2.29. The van der Waals surface area contributed by atoms with E-state index in [1.54, 1.807) is 12.1 Å². The minimum Gasteiger partial charge on any atom is -0.508 e. The lowest BCUT2D eigenvalue weighted by Crippen LogP contribution is -2.35. The van der Waals surface area contributed by atoms with E-state index in [-0.39, 0.29) is 24.1 Å². The Morgan fingerprint density at radius 3 is 1.82 bits per heavy atom. The van der Waals surface area contributed by atoms with E-state index in [2.05, 4.69) is 69.2 Å². The van der Waals surface area contributed by atoms with E-state index in [1.165, 1.54) is 5.39 Å². The molecule has 7 aromatic rings. The molecule has 4 N–H and O–H groups in total. The van der Waals surface area contributed by atoms with Crippen LogP contribution in [0.1, 0.15) is 67.6 Å². The predicted octanol–water partition coefficient (Wildman–Crippen LogP) is 8.11. The molecule has 0 aliphatic carbocycles. The van der Waals surface area contributed by atoms with Gasteiger partial charge in [0.2, 0.25) is 0 Å². The number of H-pyrrole nitrogens is 3. The number of nitrogens with one attached hydrogen (secondary N) is 3. The summed E-state index contributed by atoms with van der Waals surface area (Å²) in [6.45, 7) is 6.66. The maximum absolute atomic E-state index is 10.6. The molecule has 2 unspecified atom stereocenters. The van der Waals surface area contributed by atoms with Gasteiger partial charge in [0.15, 0.2) is 0 Å². The molecule has 0 saturated carbocycles. The molecule has 11 heteroatoms. The average Bonchev–Trinajstić information content (AvgIpc) is 3.97. The van der Waals surface area contributed by atoms with Gasteiger partial charge in [0.05, 0.1) is 46.4 Å². The standard InChI is InChI=1S/C22H24N4O.C22H27N3O3/c1-26-13-10-16(11-14-26)27-21(17-6-4-5-15-9-12-23-20(15)17)22-24-18-7-2-3-8-19(18)25-22;1-3-27-16-8-9-20(26)17(14-16)21(28-15-10-12-25(2)13-11-15)22-23-18-6-4-5-7-19(18)24-22/h2-9,12,16,21,23H,10-11,13-14H2,1H3,(H,24,25);4-9,14-15,21,26H,3,10-13H2,1-2H3,(H,23,24). The number of phenols is 1. The van der Waals surface area contributed by atoms with Gasteiger partial charge >= 0.3 is 0 Å². The second-order valence-electron chi connectivity index (χ2n) is 14.8. The maximum atomic E-state index is 10.6. The molecule has 0 amide bonds. The number of aromatic hydroxyl groups is 1. The minimum absolute atomic E-state index is 0.115. The number of para-hydroxylation sites is 5. The fourth-order valence-electron chi connectivity index (χ4n) is 7.72. The number of rotatable bonds is 10. The number of likely N-dealkylation sites (tertiary alicyclic amines) is 2. The highest BCUT2D eigenvalue weighted by molar-refractivity contribution is 5.83. The first kappa shape index (κ1) is 36.8. The Labute approximate surface area is 321 Å². The molecule has 2 atom stereocenters. The average molecular weight is 742 g/mol. The highest BCUT2D eigenvalue weighted by atomic mass is 16.5. The quantitative estimate of drug-likeness (QED) is 0.111. The van der Waals surface area contributed by atoms with Gasteiger partial charge in [-0.2, -0.15) is 0 Å². The van der Waals surface area contributed by atoms with E-state index >= 15 is 0 Å². The molecule has 55 heavy (non-hydrogen) atoms. The number of nitrogens with zero attached hydrogens (tertiary/aromatic N) is 4. The smallest absolute Gasteiger partial charge is 0.144 e. The summed E-state index contributed by atoms with van der Waals surface area (Å²) in [6, 6.07) is 29.8. The van der Waals surface area contributed by atoms with Gasteiger partial charge < -0.3 is 44.1 Å². The first-order valence-electron chi connectivity index (χ1n) is 19.5. The van der Waals surface area contributed by atoms with Crippen LogP contribution in [0.15, 0.2) is 97.2 Å². The van der Waals surface area contributed by atoms with Gasteiger partial charge in [0.1, 0.15) is 35.4 Å². The van der Waals surface area contributed by atoms with E-state index in [9.17, 15) is 5.11 Å². The zero-order valence-electron chi connectivity index (χ0n) is 31.9. The van der Waals surface area contributed by atoms with Crippen LogP contribution in [0.4, 0.5) is 0 Å². The van der Waals surface area contributed by atoms with E-state index in [0.29, 0.717) is 23.7 Å². The molecule has 5 heterocycles. The molecule has 2 saturated heterocycles. The number of hydrogen-bond donors (Lipinski definition) is 4. The number of piperidine rings is 2. The number of aromatic nitrogens is 5. The summed E-state index contributed by atoms with van der Waals surface area (Å²) < 4.78 is 18.8. The van der Waals surface area contributed by atoms with Gasteiger partial charge in [-0.1, -0.05) is 42.5 Å². The van der Waals surface area contributed by atoms with E-state index in [4.69, 9.17) is 24.2 Å². The van der Waals surface area contributed by atoms with Crippen LogP contribution in [-0.2, 0) is 9.47 Å². The largest absolute Gasteiger partial charge is 0.508 e. The van der Waals surface area contributed by atoms with Crippen LogP contribution < -0.4 is 4.74 Å². The van der Waals surface area contributed by atoms with Crippen molar-refractivity contribution in [2.75, 3.05) is 46.9 Å². The first-order valence-corrected chi connectivity index (χ1v) is 19.5. The zero-order chi connectivity index (χ0) is 37.7. The van der Waals surface area contributed by atoms with Crippen molar-refractivity contribution in [1.29, 1.82) is 0 Å². The van der Waals surface area contributed by atoms with Crippen LogP contribution in [0.25, 0.3) is 33.0 Å². The SMILES string of the molecule is CCOc1ccc(O)c(C(OC2CCN(C)CC2)c2nc3ccccc3[nH]2)c1.CN1CCC(OC(c2nc3ccccc3[nH]2)c2cccc3cc[nH]c23)CC1. The van der Waals surface area contributed by atoms with Gasteiger partial charge in [-0.3, -0.25) is 0 Å². The van der Waals surface area contributed by atoms with Crippen molar-refractivity contribution in [3.8, 4) is 11.5 Å². The normalized spacial score (nSPS) is 17.4. The van der Waals surface area contributed by atoms with Crippen molar-refractivity contribution >= 4 is 33.0 Å². The molecule has 2 aliphatic heterocycles. The fourth-order valence-corrected chi connectivity index (χ4v) is 7.72. The number of ether oxygens (including phenoxy) is 3. The number of imidazole rings is 2. The molecule has 11 nitrogen and oxygen atoms in total. The van der Waals surface area contributed by atoms with E-state index in [0.717, 1.165) is 90.8 Å². The maximum Gasteiger partial charge on any atom is 0.144 e. The second kappa shape index (κ2) is 16.7. The molecular formula is C44H51N7O4. The molecule has 0 bridgehead atoms. The summed E-state index contributed by atoms with van der Waals surface area (Å²) in [6.07, 6.45) is 5.66. The summed E-state index contributed by atoms with van der Waals surface area (Å²) in [5.74, 6) is 2.46. The van der Waals surface area contributed by atoms with Crippen molar-refractivity contribution in [3.05, 3.63) is 120 Å². The molecule has 286 valence electrons. The first-order chi connectivity index (χ1) is 26.9. The molecule has 0 spiro atoms. The van der Waals surface area contributed by atoms with Crippen molar-refractivity contribution in [2.24, 2.45) is 0 Å². The van der Waals surface area contributed by atoms with Gasteiger partial charge in [-0.05, 0) is 101 Å². The molecule has 2 aliphatic rings. The Morgan fingerprint density at radius 2 is 1.25 bits per heavy atom. The number of fused-ring (bicyclic) bond motifs is 3. The van der Waals surface area contributed by atoms with Gasteiger partial charge in [-0.25, -0.2) is 9.97 Å². The van der Waals surface area contributed by atoms with Gasteiger partial charge in [0, 0.05) is 43.5 Å². The Hall–Kier alpha value is -5.20. The zero-order valence-corrected chi connectivity index (χ0v) is 31.9. The Balaban J connectivity index is 0.000000155. The Kier molecular flexibility index (Phi) is 11.1.